The summed E-state index contributed by atoms with van der Waals surface area (Å²) in [6.07, 6.45) is 0.973. The summed E-state index contributed by atoms with van der Waals surface area (Å²) in [4.78, 5) is 10.8. The van der Waals surface area contributed by atoms with Gasteiger partial charge in [-0.15, -0.1) is 11.6 Å². The molecule has 0 N–H and O–H groups in total. The molecule has 0 spiro atoms. The van der Waals surface area contributed by atoms with Crippen LogP contribution in [0.1, 0.15) is 6.92 Å². The number of carbonyl (C=O) groups excluding carboxylic acids is 1. The minimum absolute atomic E-state index is 0.129. The monoisotopic (exact) mass is 199 g/mol. The minimum Gasteiger partial charge on any atom is -0.272 e. The third kappa shape index (κ3) is 3.07. The van der Waals surface area contributed by atoms with Gasteiger partial charge in [-0.05, 0) is 6.92 Å². The Bertz CT molecular complexity index is 236. The maximum absolute atomic E-state index is 10.8. The van der Waals surface area contributed by atoms with E-state index in [9.17, 15) is 13.2 Å². The molecule has 0 aromatic rings. The summed E-state index contributed by atoms with van der Waals surface area (Å²) < 4.78 is 22.4. The first-order valence-corrected chi connectivity index (χ1v) is 5.38. The van der Waals surface area contributed by atoms with Gasteiger partial charge in [0.15, 0.2) is 0 Å². The van der Waals surface area contributed by atoms with Crippen molar-refractivity contribution in [3.8, 4) is 0 Å². The van der Waals surface area contributed by atoms with Crippen LogP contribution in [0.3, 0.4) is 0 Å². The summed E-state index contributed by atoms with van der Waals surface area (Å²) in [6.45, 7) is 1.70. The number of carbonyl (C=O) groups is 1. The highest BCUT2D eigenvalue weighted by atomic mass is 35.5. The van der Waals surface area contributed by atoms with E-state index in [-0.39, 0.29) is 12.4 Å². The molecule has 0 aromatic carbocycles. The minimum atomic E-state index is -3.43. The Morgan fingerprint density at radius 2 is 2.00 bits per heavy atom. The molecule has 0 aliphatic carbocycles. The fraction of sp³-hybridized carbons (Fsp3) is 0.800. The Kier molecular flexibility index (Phi) is 3.82. The third-order valence-electron chi connectivity index (χ3n) is 1.08. The maximum Gasteiger partial charge on any atom is 0.250 e. The molecular formula is C5H10ClNO3S. The highest BCUT2D eigenvalue weighted by Crippen LogP contribution is 1.98. The molecule has 0 radical (unpaired) electrons. The van der Waals surface area contributed by atoms with Gasteiger partial charge in [-0.2, -0.15) is 0 Å². The first-order chi connectivity index (χ1) is 4.93. The normalized spacial score (nSPS) is 11.2. The van der Waals surface area contributed by atoms with Gasteiger partial charge in [-0.3, -0.25) is 4.79 Å². The topological polar surface area (TPSA) is 54.5 Å². The molecule has 0 aliphatic rings. The van der Waals surface area contributed by atoms with Crippen LogP contribution >= 0.6 is 11.6 Å². The highest BCUT2D eigenvalue weighted by Gasteiger charge is 2.19. The quantitative estimate of drug-likeness (QED) is 0.603. The maximum atomic E-state index is 10.8. The van der Waals surface area contributed by atoms with E-state index in [4.69, 9.17) is 11.6 Å². The van der Waals surface area contributed by atoms with Crippen LogP contribution in [-0.2, 0) is 14.8 Å². The summed E-state index contributed by atoms with van der Waals surface area (Å²) >= 11 is 5.18. The van der Waals surface area contributed by atoms with E-state index < -0.39 is 15.9 Å². The lowest BCUT2D eigenvalue weighted by Crippen LogP contribution is -2.36. The number of rotatable bonds is 3. The summed E-state index contributed by atoms with van der Waals surface area (Å²) in [5.41, 5.74) is 0. The zero-order valence-electron chi connectivity index (χ0n) is 6.37. The molecule has 0 aliphatic heterocycles. The van der Waals surface area contributed by atoms with Crippen LogP contribution in [0.25, 0.3) is 0 Å². The van der Waals surface area contributed by atoms with E-state index in [1.807, 2.05) is 0 Å². The largest absolute Gasteiger partial charge is 0.272 e. The fourth-order valence-electron chi connectivity index (χ4n) is 0.662. The second kappa shape index (κ2) is 3.92. The Morgan fingerprint density at radius 3 is 2.09 bits per heavy atom. The van der Waals surface area contributed by atoms with Crippen molar-refractivity contribution in [3.05, 3.63) is 0 Å². The van der Waals surface area contributed by atoms with Crippen molar-refractivity contribution in [1.29, 1.82) is 0 Å². The van der Waals surface area contributed by atoms with Crippen molar-refractivity contribution in [2.45, 2.75) is 6.92 Å². The van der Waals surface area contributed by atoms with E-state index in [2.05, 4.69) is 0 Å². The number of nitrogens with zero attached hydrogens (tertiary/aromatic N) is 1. The SMILES string of the molecule is CCN(C(=O)CCl)S(C)(=O)=O. The molecule has 1 amide bonds. The van der Waals surface area contributed by atoms with Crippen LogP contribution in [0.5, 0.6) is 0 Å². The Labute approximate surface area is 71.2 Å². The number of hydrogen-bond donors (Lipinski definition) is 0. The summed E-state index contributed by atoms with van der Waals surface area (Å²) in [5.74, 6) is -0.891. The van der Waals surface area contributed by atoms with Gasteiger partial charge in [0, 0.05) is 6.54 Å². The number of alkyl halides is 1. The Balaban J connectivity index is 4.56. The molecule has 0 unspecified atom stereocenters. The standard InChI is InChI=1S/C5H10ClNO3S/c1-3-7(5(8)4-6)11(2,9)10/h3-4H2,1-2H3. The molecule has 4 nitrogen and oxygen atoms in total. The number of halogens is 1. The van der Waals surface area contributed by atoms with Crippen LogP contribution < -0.4 is 0 Å². The Morgan fingerprint density at radius 1 is 1.55 bits per heavy atom. The van der Waals surface area contributed by atoms with E-state index in [1.165, 1.54) is 0 Å². The van der Waals surface area contributed by atoms with Gasteiger partial charge in [-0.25, -0.2) is 12.7 Å². The molecular weight excluding hydrogens is 190 g/mol. The molecule has 0 fully saturated rings. The molecule has 0 saturated heterocycles. The van der Waals surface area contributed by atoms with Gasteiger partial charge in [0.2, 0.25) is 10.0 Å². The van der Waals surface area contributed by atoms with Crippen molar-refractivity contribution in [2.24, 2.45) is 0 Å². The van der Waals surface area contributed by atoms with E-state index in [0.717, 1.165) is 10.6 Å². The van der Waals surface area contributed by atoms with E-state index >= 15 is 0 Å². The Hall–Kier alpha value is -0.290. The lowest BCUT2D eigenvalue weighted by atomic mass is 10.6. The smallest absolute Gasteiger partial charge is 0.250 e. The van der Waals surface area contributed by atoms with Crippen molar-refractivity contribution in [3.63, 3.8) is 0 Å². The van der Waals surface area contributed by atoms with Crippen LogP contribution in [0.2, 0.25) is 0 Å². The number of amides is 1. The third-order valence-corrected chi connectivity index (χ3v) is 2.57. The second-order valence-corrected chi connectivity index (χ2v) is 4.13. The molecule has 0 rings (SSSR count). The van der Waals surface area contributed by atoms with Crippen molar-refractivity contribution in [2.75, 3.05) is 18.7 Å². The second-order valence-electron chi connectivity index (χ2n) is 1.96. The summed E-state index contributed by atoms with van der Waals surface area (Å²) in [7, 11) is -3.43. The molecule has 0 bridgehead atoms. The van der Waals surface area contributed by atoms with Crippen LogP contribution in [0.4, 0.5) is 0 Å². The van der Waals surface area contributed by atoms with Gasteiger partial charge in [0.1, 0.15) is 5.88 Å². The summed E-state index contributed by atoms with van der Waals surface area (Å²) in [5, 5.41) is 0. The molecule has 66 valence electrons. The van der Waals surface area contributed by atoms with Gasteiger partial charge < -0.3 is 0 Å². The predicted octanol–water partition coefficient (Wildman–Crippen LogP) is 0.0333. The average molecular weight is 200 g/mol. The van der Waals surface area contributed by atoms with Gasteiger partial charge in [0.05, 0.1) is 6.26 Å². The first kappa shape index (κ1) is 10.7. The van der Waals surface area contributed by atoms with Crippen molar-refractivity contribution in [1.82, 2.24) is 4.31 Å². The zero-order chi connectivity index (χ0) is 9.07. The van der Waals surface area contributed by atoms with Crippen molar-refractivity contribution < 1.29 is 13.2 Å². The molecule has 0 aromatic heterocycles. The van der Waals surface area contributed by atoms with Crippen molar-refractivity contribution >= 4 is 27.5 Å². The zero-order valence-corrected chi connectivity index (χ0v) is 7.94. The lowest BCUT2D eigenvalue weighted by molar-refractivity contribution is -0.123. The molecule has 11 heavy (non-hydrogen) atoms. The number of hydrogen-bond acceptors (Lipinski definition) is 3. The molecule has 0 atom stereocenters. The van der Waals surface area contributed by atoms with Crippen LogP contribution in [0.15, 0.2) is 0 Å². The van der Waals surface area contributed by atoms with Crippen LogP contribution in [0, 0.1) is 0 Å². The van der Waals surface area contributed by atoms with Gasteiger partial charge in [0.25, 0.3) is 5.91 Å². The fourth-order valence-corrected chi connectivity index (χ4v) is 1.78. The molecule has 6 heteroatoms. The summed E-state index contributed by atoms with van der Waals surface area (Å²) in [6, 6.07) is 0. The van der Waals surface area contributed by atoms with Gasteiger partial charge in [-0.1, -0.05) is 0 Å². The molecule has 0 saturated carbocycles. The van der Waals surface area contributed by atoms with Crippen LogP contribution in [-0.4, -0.2) is 37.3 Å². The van der Waals surface area contributed by atoms with Gasteiger partial charge >= 0.3 is 0 Å². The lowest BCUT2D eigenvalue weighted by Gasteiger charge is -2.16. The predicted molar refractivity (Wildman–Crippen MR) is 43.0 cm³/mol. The number of sulfonamides is 1. The average Bonchev–Trinajstić information content (AvgIpc) is 1.86. The van der Waals surface area contributed by atoms with E-state index in [0.29, 0.717) is 0 Å². The highest BCUT2D eigenvalue weighted by molar-refractivity contribution is 7.88. The van der Waals surface area contributed by atoms with E-state index in [1.54, 1.807) is 6.92 Å². The molecule has 0 heterocycles. The first-order valence-electron chi connectivity index (χ1n) is 3.00.